The Bertz CT molecular complexity index is 1830. The first-order chi connectivity index (χ1) is 41.3. The molecule has 0 spiro atoms. The maximum Gasteiger partial charge on any atom is 3.00 e. The normalized spacial score (nSPS) is 32.3. The Balaban J connectivity index is 0.0000135. The third-order valence-electron chi connectivity index (χ3n) is 14.8. The molecule has 1 radical (unpaired) electrons. The molecular formula is C50H89GdN5O33+. The fraction of sp³-hybridized carbons (Fsp3) is 0.900. The van der Waals surface area contributed by atoms with E-state index in [0.29, 0.717) is 0 Å². The second-order valence-electron chi connectivity index (χ2n) is 21.3. The van der Waals surface area contributed by atoms with E-state index in [0.717, 1.165) is 0 Å². The molecule has 0 aromatic heterocycles. The van der Waals surface area contributed by atoms with Gasteiger partial charge in [0, 0.05) is 52.4 Å². The van der Waals surface area contributed by atoms with Crippen LogP contribution in [0.5, 0.6) is 0 Å². The number of aliphatic carboxylic acids is 3. The molecule has 0 aromatic carbocycles. The number of amides is 2. The monoisotopic (exact) mass is 1450 g/mol. The van der Waals surface area contributed by atoms with Crippen LogP contribution in [0.2, 0.25) is 0 Å². The van der Waals surface area contributed by atoms with Gasteiger partial charge in [0.1, 0.15) is 97.7 Å². The summed E-state index contributed by atoms with van der Waals surface area (Å²) in [6, 6.07) is 0. The third kappa shape index (κ3) is 26.0. The van der Waals surface area contributed by atoms with Gasteiger partial charge in [-0.1, -0.05) is 0 Å². The summed E-state index contributed by atoms with van der Waals surface area (Å²) in [5.41, 5.74) is 0. The number of carbonyl (C=O) groups excluding carboxylic acids is 2. The average molecular weight is 1450 g/mol. The SMILES string of the molecule is O=C(O)CN(CCN(CC(=O)O)CC(=O)N(CCCOC1O[C@@H](CO)[C@@H](O)[C@H](O)[C@@H]1O)CCCOC1O[C@@H](CO)[C@@H](O)[C@H](O)[C@@H]1O)CCN(CC(=O)O)CC(=O)N(CCCOC1O[C@H](CO)[C@H](O)[C@@H](O)[C@H]1O)CCCOC1O[C@H](CO)[C@H](O)[C@@H](O)[C@H]1O.[Gd+3].[O-2]. The summed E-state index contributed by atoms with van der Waals surface area (Å²) in [5.74, 6) is -5.51. The zero-order valence-electron chi connectivity index (χ0n) is 48.5. The van der Waals surface area contributed by atoms with Crippen molar-refractivity contribution in [1.29, 1.82) is 0 Å². The summed E-state index contributed by atoms with van der Waals surface area (Å²) in [5, 5.41) is 191. The fourth-order valence-corrected chi connectivity index (χ4v) is 9.78. The Labute approximate surface area is 542 Å². The van der Waals surface area contributed by atoms with Crippen molar-refractivity contribution in [3.63, 3.8) is 0 Å². The molecule has 20 atom stereocenters. The number of rotatable bonds is 40. The molecule has 0 aliphatic carbocycles. The molecule has 39 heteroatoms. The van der Waals surface area contributed by atoms with Crippen LogP contribution in [0.25, 0.3) is 0 Å². The van der Waals surface area contributed by atoms with E-state index in [4.69, 9.17) is 37.9 Å². The van der Waals surface area contributed by atoms with E-state index in [9.17, 15) is 121 Å². The Morgan fingerprint density at radius 1 is 0.315 bits per heavy atom. The van der Waals surface area contributed by atoms with Gasteiger partial charge in [0.15, 0.2) is 25.2 Å². The average Bonchev–Trinajstić information content (AvgIpc) is 3.39. The number of hydrogen-bond donors (Lipinski definition) is 19. The number of ether oxygens (including phenoxy) is 8. The van der Waals surface area contributed by atoms with Crippen molar-refractivity contribution in [3.8, 4) is 0 Å². The Kier molecular flexibility index (Phi) is 39.1. The van der Waals surface area contributed by atoms with Crippen molar-refractivity contribution in [2.45, 2.75) is 149 Å². The molecule has 4 rings (SSSR count). The maximum atomic E-state index is 14.1. The zero-order chi connectivity index (χ0) is 64.7. The van der Waals surface area contributed by atoms with Crippen LogP contribution in [-0.2, 0) is 67.3 Å². The Morgan fingerprint density at radius 3 is 0.742 bits per heavy atom. The molecule has 2 amide bonds. The van der Waals surface area contributed by atoms with Crippen LogP contribution in [0.1, 0.15) is 25.7 Å². The summed E-state index contributed by atoms with van der Waals surface area (Å²) < 4.78 is 43.7. The van der Waals surface area contributed by atoms with Crippen LogP contribution >= 0.6 is 0 Å². The molecule has 4 heterocycles. The van der Waals surface area contributed by atoms with Crippen molar-refractivity contribution in [1.82, 2.24) is 24.5 Å². The molecule has 4 saturated heterocycles. The zero-order valence-corrected chi connectivity index (χ0v) is 50.8. The molecule has 4 aliphatic heterocycles. The first-order valence-corrected chi connectivity index (χ1v) is 28.3. The number of hydrogen-bond acceptors (Lipinski definition) is 32. The fourth-order valence-electron chi connectivity index (χ4n) is 9.78. The first kappa shape index (κ1) is 82.6. The standard InChI is InChI=1S/C50H89N5O32.Gd.O/c56-22-26-35(68)39(72)43(76)47(84-26)80-13-1-5-54(6-2-14-81-48-44(77)40(73)36(69)27(23-57)85-48)30(60)17-52(20-33(64)65)11-9-51(19-32(62)63)10-12-53(21-34(66)67)18-31(61)55(7-3-15-82-49-45(78)41(74)37(70)28(24-58)86-49)8-4-16-83-50-46(79)42(75)38(71)29(25-59)87-50;;/h26-29,35-50,56-59,68-79H,1-25H2,(H,62,63)(H,64,65)(H,66,67);;/q;+3;-2/t26-,27-,28+,29+,35+,36+,37-,38-,39-,40-,41+,42+,43-,44-,45+,46+,47?,48?,49?,50?;;. The van der Waals surface area contributed by atoms with Crippen molar-refractivity contribution >= 4 is 29.7 Å². The van der Waals surface area contributed by atoms with Gasteiger partial charge >= 0.3 is 57.8 Å². The van der Waals surface area contributed by atoms with Gasteiger partial charge in [-0.25, -0.2) is 0 Å². The van der Waals surface area contributed by atoms with E-state index in [-0.39, 0.29) is 150 Å². The van der Waals surface area contributed by atoms with Gasteiger partial charge in [-0.3, -0.25) is 38.7 Å². The second-order valence-corrected chi connectivity index (χ2v) is 21.3. The number of carbonyl (C=O) groups is 5. The van der Waals surface area contributed by atoms with Gasteiger partial charge in [0.2, 0.25) is 11.8 Å². The summed E-state index contributed by atoms with van der Waals surface area (Å²) in [7, 11) is 0. The van der Waals surface area contributed by atoms with Gasteiger partial charge in [-0.2, -0.15) is 0 Å². The van der Waals surface area contributed by atoms with Crippen LogP contribution in [-0.4, -0.2) is 412 Å². The summed E-state index contributed by atoms with van der Waals surface area (Å²) in [6.45, 7) is -8.79. The topological polar surface area (TPSA) is 588 Å². The van der Waals surface area contributed by atoms with Gasteiger partial charge in [-0.15, -0.1) is 0 Å². The molecule has 38 nitrogen and oxygen atoms in total. The number of aliphatic hydroxyl groups is 16. The predicted octanol–water partition coefficient (Wildman–Crippen LogP) is -12.5. The largest absolute Gasteiger partial charge is 3.00 e. The van der Waals surface area contributed by atoms with Crippen LogP contribution in [0.15, 0.2) is 0 Å². The smallest absolute Gasteiger partial charge is 2.00 e. The number of carboxylic acid groups (broad SMARTS) is 3. The molecule has 519 valence electrons. The Hall–Kier alpha value is -2.45. The van der Waals surface area contributed by atoms with Gasteiger partial charge in [0.25, 0.3) is 0 Å². The van der Waals surface area contributed by atoms with Crippen molar-refractivity contribution in [3.05, 3.63) is 0 Å². The van der Waals surface area contributed by atoms with E-state index < -0.39 is 212 Å². The van der Waals surface area contributed by atoms with E-state index in [1.54, 1.807) is 0 Å². The molecule has 19 N–H and O–H groups in total. The van der Waals surface area contributed by atoms with Crippen LogP contribution in [0.4, 0.5) is 0 Å². The van der Waals surface area contributed by atoms with Crippen LogP contribution in [0.3, 0.4) is 0 Å². The number of nitrogens with zero attached hydrogens (tertiary/aromatic N) is 5. The van der Waals surface area contributed by atoms with E-state index in [1.807, 2.05) is 0 Å². The molecule has 0 bridgehead atoms. The summed E-state index contributed by atoms with van der Waals surface area (Å²) in [4.78, 5) is 70.9. The van der Waals surface area contributed by atoms with E-state index in [2.05, 4.69) is 0 Å². The molecule has 89 heavy (non-hydrogen) atoms. The molecule has 4 unspecified atom stereocenters. The second kappa shape index (κ2) is 42.1. The van der Waals surface area contributed by atoms with Gasteiger partial charge in [-0.05, 0) is 25.7 Å². The molecular weight excluding hydrogens is 1360 g/mol. The molecule has 0 saturated carbocycles. The summed E-state index contributed by atoms with van der Waals surface area (Å²) >= 11 is 0. The minimum atomic E-state index is -1.75. The van der Waals surface area contributed by atoms with Gasteiger partial charge in [0.05, 0.1) is 85.6 Å². The molecule has 0 aromatic rings. The van der Waals surface area contributed by atoms with Crippen molar-refractivity contribution in [2.75, 3.05) is 138 Å². The predicted molar refractivity (Wildman–Crippen MR) is 283 cm³/mol. The van der Waals surface area contributed by atoms with E-state index in [1.165, 1.54) is 24.5 Å². The number of aliphatic hydroxyl groups excluding tert-OH is 16. The van der Waals surface area contributed by atoms with Crippen molar-refractivity contribution < 1.29 is 204 Å². The third-order valence-corrected chi connectivity index (χ3v) is 14.8. The maximum absolute atomic E-state index is 14.1. The minimum Gasteiger partial charge on any atom is -2.00 e. The minimum absolute atomic E-state index is 0. The molecule has 4 aliphatic rings. The summed E-state index contributed by atoms with van der Waals surface area (Å²) in [6.07, 6.45) is -31.7. The first-order valence-electron chi connectivity index (χ1n) is 28.3. The van der Waals surface area contributed by atoms with Crippen molar-refractivity contribution in [2.24, 2.45) is 0 Å². The van der Waals surface area contributed by atoms with Gasteiger partial charge < -0.3 is 150 Å². The Morgan fingerprint density at radius 2 is 0.528 bits per heavy atom. The van der Waals surface area contributed by atoms with E-state index >= 15 is 0 Å². The quantitative estimate of drug-likeness (QED) is 0.0253. The van der Waals surface area contributed by atoms with Crippen LogP contribution in [0, 0.1) is 39.9 Å². The number of carboxylic acids is 3. The molecule has 4 fully saturated rings. The van der Waals surface area contributed by atoms with Crippen LogP contribution < -0.4 is 0 Å².